The topological polar surface area (TPSA) is 29.1 Å². The van der Waals surface area contributed by atoms with Crippen molar-refractivity contribution in [1.29, 1.82) is 0 Å². The normalized spacial score (nSPS) is 10.4. The van der Waals surface area contributed by atoms with Crippen LogP contribution in [0.25, 0.3) is 0 Å². The molecule has 0 heterocycles. The summed E-state index contributed by atoms with van der Waals surface area (Å²) in [4.78, 5) is 12.3. The molecule has 0 aromatic heterocycles. The predicted octanol–water partition coefficient (Wildman–Crippen LogP) is 5.23. The fraction of sp³-hybridized carbons (Fsp3) is 0.188. The number of hydrogen-bond donors (Lipinski definition) is 1. The van der Waals surface area contributed by atoms with Crippen LogP contribution in [0.4, 0.5) is 5.69 Å². The molecule has 0 saturated carbocycles. The van der Waals surface area contributed by atoms with Crippen molar-refractivity contribution in [2.75, 3.05) is 5.32 Å². The number of carbonyl (C=O) groups excluding carboxylic acids is 1. The van der Waals surface area contributed by atoms with Gasteiger partial charge in [-0.2, -0.15) is 0 Å². The molecule has 0 aliphatic rings. The third-order valence-corrected chi connectivity index (χ3v) is 4.37. The maximum atomic E-state index is 12.3. The number of amides is 1. The summed E-state index contributed by atoms with van der Waals surface area (Å²) in [6, 6.07) is 11.2. The van der Waals surface area contributed by atoms with Gasteiger partial charge in [0, 0.05) is 15.7 Å². The number of aryl methyl sites for hydroxylation is 2. The molecule has 0 unspecified atom stereocenters. The minimum Gasteiger partial charge on any atom is -0.321 e. The van der Waals surface area contributed by atoms with E-state index in [9.17, 15) is 4.79 Å². The molecule has 0 atom stereocenters. The molecule has 0 spiro atoms. The number of para-hydroxylation sites is 1. The van der Waals surface area contributed by atoms with Gasteiger partial charge in [0.1, 0.15) is 0 Å². The number of carbonyl (C=O) groups is 1. The molecule has 4 heteroatoms. The lowest BCUT2D eigenvalue weighted by Crippen LogP contribution is -2.14. The van der Waals surface area contributed by atoms with Gasteiger partial charge in [-0.05, 0) is 58.6 Å². The zero-order valence-corrected chi connectivity index (χ0v) is 13.7. The molecule has 0 radical (unpaired) electrons. The average molecular weight is 353 g/mol. The molecule has 2 rings (SSSR count). The number of benzene rings is 2. The van der Waals surface area contributed by atoms with E-state index < -0.39 is 0 Å². The molecular formula is C16H15BrClNO. The van der Waals surface area contributed by atoms with Crippen LogP contribution >= 0.6 is 27.5 Å². The summed E-state index contributed by atoms with van der Waals surface area (Å²) in [6.45, 7) is 4.07. The summed E-state index contributed by atoms with van der Waals surface area (Å²) in [7, 11) is 0. The first-order valence-corrected chi connectivity index (χ1v) is 7.55. The number of anilines is 1. The van der Waals surface area contributed by atoms with Crippen LogP contribution in [-0.4, -0.2) is 5.91 Å². The Morgan fingerprint density at radius 2 is 2.05 bits per heavy atom. The smallest absolute Gasteiger partial charge is 0.255 e. The molecule has 2 aromatic carbocycles. The third kappa shape index (κ3) is 3.22. The van der Waals surface area contributed by atoms with Gasteiger partial charge in [0.05, 0.1) is 5.02 Å². The summed E-state index contributed by atoms with van der Waals surface area (Å²) in [6.07, 6.45) is 0.877. The highest BCUT2D eigenvalue weighted by molar-refractivity contribution is 9.10. The number of nitrogens with one attached hydrogen (secondary N) is 1. The van der Waals surface area contributed by atoms with Crippen LogP contribution in [0.2, 0.25) is 5.02 Å². The van der Waals surface area contributed by atoms with Crippen molar-refractivity contribution >= 4 is 39.1 Å². The Balaban J connectivity index is 2.30. The number of halogens is 2. The van der Waals surface area contributed by atoms with Gasteiger partial charge < -0.3 is 5.32 Å². The van der Waals surface area contributed by atoms with Crippen LogP contribution in [0.3, 0.4) is 0 Å². The van der Waals surface area contributed by atoms with Crippen molar-refractivity contribution < 1.29 is 4.79 Å². The molecular weight excluding hydrogens is 338 g/mol. The van der Waals surface area contributed by atoms with E-state index in [1.165, 1.54) is 0 Å². The van der Waals surface area contributed by atoms with E-state index in [4.69, 9.17) is 11.6 Å². The first-order chi connectivity index (χ1) is 9.52. The lowest BCUT2D eigenvalue weighted by molar-refractivity contribution is 0.102. The van der Waals surface area contributed by atoms with E-state index in [1.54, 1.807) is 18.2 Å². The monoisotopic (exact) mass is 351 g/mol. The zero-order valence-electron chi connectivity index (χ0n) is 11.3. The van der Waals surface area contributed by atoms with Crippen LogP contribution in [-0.2, 0) is 6.42 Å². The fourth-order valence-corrected chi connectivity index (χ4v) is 2.52. The van der Waals surface area contributed by atoms with Gasteiger partial charge >= 0.3 is 0 Å². The highest BCUT2D eigenvalue weighted by atomic mass is 79.9. The van der Waals surface area contributed by atoms with Crippen LogP contribution in [0.15, 0.2) is 40.9 Å². The maximum absolute atomic E-state index is 12.3. The van der Waals surface area contributed by atoms with Crippen molar-refractivity contribution in [1.82, 2.24) is 0 Å². The Labute approximate surface area is 132 Å². The van der Waals surface area contributed by atoms with Gasteiger partial charge in [0.25, 0.3) is 5.91 Å². The second kappa shape index (κ2) is 6.42. The van der Waals surface area contributed by atoms with E-state index in [2.05, 4.69) is 28.2 Å². The van der Waals surface area contributed by atoms with Crippen molar-refractivity contribution in [2.24, 2.45) is 0 Å². The van der Waals surface area contributed by atoms with Crippen LogP contribution < -0.4 is 5.32 Å². The fourth-order valence-electron chi connectivity index (χ4n) is 2.03. The molecule has 104 valence electrons. The van der Waals surface area contributed by atoms with Gasteiger partial charge in [-0.15, -0.1) is 0 Å². The largest absolute Gasteiger partial charge is 0.321 e. The molecule has 0 bridgehead atoms. The van der Waals surface area contributed by atoms with Crippen LogP contribution in [0.5, 0.6) is 0 Å². The van der Waals surface area contributed by atoms with E-state index in [0.29, 0.717) is 15.1 Å². The highest BCUT2D eigenvalue weighted by Crippen LogP contribution is 2.25. The van der Waals surface area contributed by atoms with Crippen molar-refractivity contribution in [2.45, 2.75) is 20.3 Å². The molecule has 0 aliphatic carbocycles. The predicted molar refractivity (Wildman–Crippen MR) is 87.7 cm³/mol. The second-order valence-corrected chi connectivity index (χ2v) is 5.81. The van der Waals surface area contributed by atoms with Gasteiger partial charge in [-0.25, -0.2) is 0 Å². The lowest BCUT2D eigenvalue weighted by atomic mass is 10.1. The Hall–Kier alpha value is -1.32. The standard InChI is InChI=1S/C16H15BrClNO/c1-3-11-6-4-5-10(2)15(11)19-16(20)12-7-8-14(18)13(17)9-12/h4-9H,3H2,1-2H3,(H,19,20). The lowest BCUT2D eigenvalue weighted by Gasteiger charge is -2.13. The van der Waals surface area contributed by atoms with E-state index in [0.717, 1.165) is 23.2 Å². The third-order valence-electron chi connectivity index (χ3n) is 3.16. The maximum Gasteiger partial charge on any atom is 0.255 e. The van der Waals surface area contributed by atoms with E-state index >= 15 is 0 Å². The van der Waals surface area contributed by atoms with Crippen molar-refractivity contribution in [3.8, 4) is 0 Å². The molecule has 1 amide bonds. The quantitative estimate of drug-likeness (QED) is 0.805. The first kappa shape index (κ1) is 15.1. The molecule has 2 nitrogen and oxygen atoms in total. The van der Waals surface area contributed by atoms with Crippen molar-refractivity contribution in [3.63, 3.8) is 0 Å². The minimum absolute atomic E-state index is 0.133. The van der Waals surface area contributed by atoms with E-state index in [-0.39, 0.29) is 5.91 Å². The second-order valence-electron chi connectivity index (χ2n) is 4.55. The Kier molecular flexibility index (Phi) is 4.84. The van der Waals surface area contributed by atoms with Crippen molar-refractivity contribution in [3.05, 3.63) is 62.6 Å². The highest BCUT2D eigenvalue weighted by Gasteiger charge is 2.11. The molecule has 0 saturated heterocycles. The Morgan fingerprint density at radius 1 is 1.30 bits per heavy atom. The van der Waals surface area contributed by atoms with Crippen LogP contribution in [0, 0.1) is 6.92 Å². The Morgan fingerprint density at radius 3 is 2.70 bits per heavy atom. The molecule has 2 aromatic rings. The van der Waals surface area contributed by atoms with Gasteiger partial charge in [-0.1, -0.05) is 36.7 Å². The average Bonchev–Trinajstić information content (AvgIpc) is 2.44. The number of rotatable bonds is 3. The SMILES string of the molecule is CCc1cccc(C)c1NC(=O)c1ccc(Cl)c(Br)c1. The van der Waals surface area contributed by atoms with E-state index in [1.807, 2.05) is 25.1 Å². The Bertz CT molecular complexity index is 655. The van der Waals surface area contributed by atoms with Gasteiger partial charge in [0.15, 0.2) is 0 Å². The molecule has 0 aliphatic heterocycles. The molecule has 1 N–H and O–H groups in total. The minimum atomic E-state index is -0.133. The zero-order chi connectivity index (χ0) is 14.7. The summed E-state index contributed by atoms with van der Waals surface area (Å²) in [5.74, 6) is -0.133. The summed E-state index contributed by atoms with van der Waals surface area (Å²) in [5, 5.41) is 3.58. The van der Waals surface area contributed by atoms with Gasteiger partial charge in [0.2, 0.25) is 0 Å². The summed E-state index contributed by atoms with van der Waals surface area (Å²) in [5.41, 5.74) is 3.66. The molecule has 0 fully saturated rings. The molecule has 20 heavy (non-hydrogen) atoms. The van der Waals surface area contributed by atoms with Crippen LogP contribution in [0.1, 0.15) is 28.4 Å². The summed E-state index contributed by atoms with van der Waals surface area (Å²) >= 11 is 9.27. The first-order valence-electron chi connectivity index (χ1n) is 6.37. The number of hydrogen-bond acceptors (Lipinski definition) is 1. The van der Waals surface area contributed by atoms with Gasteiger partial charge in [-0.3, -0.25) is 4.79 Å². The summed E-state index contributed by atoms with van der Waals surface area (Å²) < 4.78 is 0.715.